The lowest BCUT2D eigenvalue weighted by molar-refractivity contribution is -0.385. The smallest absolute Gasteiger partial charge is 0.287 e. The van der Waals surface area contributed by atoms with Gasteiger partial charge < -0.3 is 4.57 Å². The molecule has 2 aromatic rings. The second kappa shape index (κ2) is 4.40. The summed E-state index contributed by atoms with van der Waals surface area (Å²) in [4.78, 5) is 10.1. The predicted octanol–water partition coefficient (Wildman–Crippen LogP) is 2.13. The van der Waals surface area contributed by atoms with Crippen LogP contribution in [0.5, 0.6) is 0 Å². The van der Waals surface area contributed by atoms with Gasteiger partial charge in [0.2, 0.25) is 0 Å². The van der Waals surface area contributed by atoms with E-state index < -0.39 is 4.92 Å². The van der Waals surface area contributed by atoms with Gasteiger partial charge in [0.15, 0.2) is 0 Å². The minimum atomic E-state index is -0.608. The Hall–Kier alpha value is -3.12. The third-order valence-electron chi connectivity index (χ3n) is 2.44. The maximum Gasteiger partial charge on any atom is 0.287 e. The van der Waals surface area contributed by atoms with Crippen molar-refractivity contribution in [2.24, 2.45) is 0 Å². The second-order valence-corrected chi connectivity index (χ2v) is 3.45. The minimum Gasteiger partial charge on any atom is -0.308 e. The van der Waals surface area contributed by atoms with E-state index in [9.17, 15) is 10.1 Å². The Labute approximate surface area is 102 Å². The Morgan fingerprint density at radius 1 is 1.22 bits per heavy atom. The van der Waals surface area contributed by atoms with Crippen LogP contribution in [0.3, 0.4) is 0 Å². The van der Waals surface area contributed by atoms with Gasteiger partial charge in [0.25, 0.3) is 5.69 Å². The Morgan fingerprint density at radius 2 is 2.00 bits per heavy atom. The van der Waals surface area contributed by atoms with Crippen LogP contribution in [0, 0.1) is 32.8 Å². The normalized spacial score (nSPS) is 9.44. The fraction of sp³-hybridized carbons (Fsp3) is 0. The topological polar surface area (TPSA) is 95.7 Å². The minimum absolute atomic E-state index is 0.0323. The van der Waals surface area contributed by atoms with Crippen LogP contribution in [-0.4, -0.2) is 9.49 Å². The van der Waals surface area contributed by atoms with Gasteiger partial charge in [-0.25, -0.2) is 0 Å². The fourth-order valence-corrected chi connectivity index (χ4v) is 1.62. The first-order valence-electron chi connectivity index (χ1n) is 4.93. The molecule has 6 heteroatoms. The van der Waals surface area contributed by atoms with Crippen LogP contribution in [0.2, 0.25) is 0 Å². The Morgan fingerprint density at radius 3 is 2.61 bits per heavy atom. The molecular weight excluding hydrogens is 232 g/mol. The highest BCUT2D eigenvalue weighted by atomic mass is 16.6. The summed E-state index contributed by atoms with van der Waals surface area (Å²) in [7, 11) is 0. The molecule has 0 aliphatic heterocycles. The molecule has 1 heterocycles. The van der Waals surface area contributed by atoms with Crippen LogP contribution in [0.25, 0.3) is 5.69 Å². The molecule has 1 aromatic heterocycles. The molecular formula is C12H6N4O2. The van der Waals surface area contributed by atoms with Gasteiger partial charge in [0.1, 0.15) is 23.4 Å². The third-order valence-corrected chi connectivity index (χ3v) is 2.44. The number of hydrogen-bond donors (Lipinski definition) is 0. The molecule has 0 radical (unpaired) electrons. The molecule has 0 bridgehead atoms. The SMILES string of the molecule is N#Cc1cc(-n2cccc2C#N)ccc1[N+](=O)[O-]. The maximum absolute atomic E-state index is 10.7. The van der Waals surface area contributed by atoms with Gasteiger partial charge in [-0.3, -0.25) is 10.1 Å². The third kappa shape index (κ3) is 1.79. The molecule has 86 valence electrons. The van der Waals surface area contributed by atoms with Gasteiger partial charge in [0.05, 0.1) is 4.92 Å². The van der Waals surface area contributed by atoms with Crippen LogP contribution < -0.4 is 0 Å². The lowest BCUT2D eigenvalue weighted by atomic mass is 10.1. The van der Waals surface area contributed by atoms with E-state index in [1.165, 1.54) is 18.2 Å². The molecule has 18 heavy (non-hydrogen) atoms. The first-order valence-corrected chi connectivity index (χ1v) is 4.93. The Bertz CT molecular complexity index is 704. The van der Waals surface area contributed by atoms with E-state index in [1.54, 1.807) is 29.0 Å². The fourth-order valence-electron chi connectivity index (χ4n) is 1.62. The van der Waals surface area contributed by atoms with Gasteiger partial charge in [-0.1, -0.05) is 0 Å². The molecule has 0 saturated heterocycles. The summed E-state index contributed by atoms with van der Waals surface area (Å²) >= 11 is 0. The van der Waals surface area contributed by atoms with Crippen molar-refractivity contribution in [1.82, 2.24) is 4.57 Å². The predicted molar refractivity (Wildman–Crippen MR) is 61.9 cm³/mol. The largest absolute Gasteiger partial charge is 0.308 e. The molecule has 0 saturated carbocycles. The van der Waals surface area contributed by atoms with Crippen molar-refractivity contribution in [3.05, 3.63) is 57.9 Å². The molecule has 0 aliphatic rings. The zero-order chi connectivity index (χ0) is 13.1. The molecule has 0 spiro atoms. The van der Waals surface area contributed by atoms with Crippen molar-refractivity contribution in [1.29, 1.82) is 10.5 Å². The maximum atomic E-state index is 10.7. The number of nitro benzene ring substituents is 1. The first kappa shape index (κ1) is 11.4. The molecule has 0 amide bonds. The van der Waals surface area contributed by atoms with Crippen LogP contribution in [0.1, 0.15) is 11.3 Å². The van der Waals surface area contributed by atoms with E-state index in [2.05, 4.69) is 0 Å². The van der Waals surface area contributed by atoms with Crippen LogP contribution in [-0.2, 0) is 0 Å². The lowest BCUT2D eigenvalue weighted by Crippen LogP contribution is -1.98. The Kier molecular flexibility index (Phi) is 2.78. The number of aromatic nitrogens is 1. The van der Waals surface area contributed by atoms with Gasteiger partial charge in [-0.15, -0.1) is 0 Å². The first-order chi connectivity index (χ1) is 8.67. The van der Waals surface area contributed by atoms with Crippen molar-refractivity contribution in [2.75, 3.05) is 0 Å². The molecule has 2 rings (SSSR count). The van der Waals surface area contributed by atoms with Crippen LogP contribution in [0.4, 0.5) is 5.69 Å². The number of rotatable bonds is 2. The van der Waals surface area contributed by atoms with E-state index >= 15 is 0 Å². The van der Waals surface area contributed by atoms with Gasteiger partial charge in [-0.2, -0.15) is 10.5 Å². The zero-order valence-electron chi connectivity index (χ0n) is 9.07. The van der Waals surface area contributed by atoms with Gasteiger partial charge in [0, 0.05) is 18.0 Å². The number of hydrogen-bond acceptors (Lipinski definition) is 4. The van der Waals surface area contributed by atoms with E-state index in [1.807, 2.05) is 6.07 Å². The lowest BCUT2D eigenvalue weighted by Gasteiger charge is -2.05. The highest BCUT2D eigenvalue weighted by molar-refractivity contribution is 5.55. The molecule has 0 atom stereocenters. The summed E-state index contributed by atoms with van der Waals surface area (Å²) in [6, 6.07) is 11.2. The summed E-state index contributed by atoms with van der Waals surface area (Å²) in [5.74, 6) is 0. The van der Waals surface area contributed by atoms with Crippen LogP contribution >= 0.6 is 0 Å². The van der Waals surface area contributed by atoms with E-state index in [0.717, 1.165) is 0 Å². The number of nitrogens with zero attached hydrogens (tertiary/aromatic N) is 4. The van der Waals surface area contributed by atoms with E-state index in [-0.39, 0.29) is 11.3 Å². The molecule has 0 unspecified atom stereocenters. The average Bonchev–Trinajstić information content (AvgIpc) is 2.86. The van der Waals surface area contributed by atoms with Crippen molar-refractivity contribution >= 4 is 5.69 Å². The van der Waals surface area contributed by atoms with E-state index in [4.69, 9.17) is 10.5 Å². The standard InChI is InChI=1S/C12H6N4O2/c13-7-9-6-10(3-4-12(9)16(17)18)15-5-1-2-11(15)8-14/h1-6H. The van der Waals surface area contributed by atoms with Crippen molar-refractivity contribution in [3.8, 4) is 17.8 Å². The molecule has 0 N–H and O–H groups in total. The quantitative estimate of drug-likeness (QED) is 0.591. The molecule has 0 fully saturated rings. The van der Waals surface area contributed by atoms with E-state index in [0.29, 0.717) is 11.4 Å². The molecule has 1 aromatic carbocycles. The Balaban J connectivity index is 2.60. The van der Waals surface area contributed by atoms with Gasteiger partial charge in [-0.05, 0) is 24.3 Å². The summed E-state index contributed by atoms with van der Waals surface area (Å²) < 4.78 is 1.56. The monoisotopic (exact) mass is 238 g/mol. The van der Waals surface area contributed by atoms with Crippen LogP contribution in [0.15, 0.2) is 36.5 Å². The number of benzene rings is 1. The average molecular weight is 238 g/mol. The summed E-state index contributed by atoms with van der Waals surface area (Å²) in [5, 5.41) is 28.5. The number of nitriles is 2. The summed E-state index contributed by atoms with van der Waals surface area (Å²) in [6.45, 7) is 0. The molecule has 6 nitrogen and oxygen atoms in total. The summed E-state index contributed by atoms with van der Waals surface area (Å²) in [6.07, 6.45) is 1.65. The van der Waals surface area contributed by atoms with Crippen molar-refractivity contribution in [2.45, 2.75) is 0 Å². The highest BCUT2D eigenvalue weighted by Crippen LogP contribution is 2.22. The summed E-state index contributed by atoms with van der Waals surface area (Å²) in [5.41, 5.74) is 0.661. The zero-order valence-corrected chi connectivity index (χ0v) is 9.07. The van der Waals surface area contributed by atoms with Gasteiger partial charge >= 0.3 is 0 Å². The second-order valence-electron chi connectivity index (χ2n) is 3.45. The van der Waals surface area contributed by atoms with Crippen molar-refractivity contribution < 1.29 is 4.92 Å². The molecule has 0 aliphatic carbocycles. The number of nitro groups is 1. The van der Waals surface area contributed by atoms with Crippen molar-refractivity contribution in [3.63, 3.8) is 0 Å². The highest BCUT2D eigenvalue weighted by Gasteiger charge is 2.14.